The van der Waals surface area contributed by atoms with Gasteiger partial charge in [0.25, 0.3) is 5.91 Å². The number of anilines is 1. The molecule has 2 rings (SSSR count). The molecule has 0 fully saturated rings. The standard InChI is InChI=1S/C16H13N3O3/c1-11(22-16(21)13-6-4-8-18-10-13)15(20)19-14-7-3-2-5-12(14)9-17/h2-8,10-11H,1H3,(H,19,20)/t11-/m1/s1. The van der Waals surface area contributed by atoms with Crippen molar-refractivity contribution in [2.75, 3.05) is 5.32 Å². The Bertz CT molecular complexity index is 723. The van der Waals surface area contributed by atoms with Gasteiger partial charge in [0, 0.05) is 12.4 Å². The molecular weight excluding hydrogens is 282 g/mol. The zero-order chi connectivity index (χ0) is 15.9. The monoisotopic (exact) mass is 295 g/mol. The number of hydrogen-bond donors (Lipinski definition) is 1. The Hall–Kier alpha value is -3.20. The van der Waals surface area contributed by atoms with Crippen LogP contribution in [0.5, 0.6) is 0 Å². The number of para-hydroxylation sites is 1. The number of rotatable bonds is 4. The van der Waals surface area contributed by atoms with Crippen LogP contribution in [-0.2, 0) is 9.53 Å². The van der Waals surface area contributed by atoms with E-state index in [1.165, 1.54) is 19.3 Å². The molecule has 1 amide bonds. The number of nitrogens with zero attached hydrogens (tertiary/aromatic N) is 2. The van der Waals surface area contributed by atoms with Crippen molar-refractivity contribution in [1.29, 1.82) is 5.26 Å². The Balaban J connectivity index is 2.01. The van der Waals surface area contributed by atoms with Crippen LogP contribution in [-0.4, -0.2) is 23.0 Å². The molecule has 6 heteroatoms. The number of esters is 1. The predicted molar refractivity (Wildman–Crippen MR) is 78.9 cm³/mol. The number of nitriles is 1. The molecule has 110 valence electrons. The third-order valence-corrected chi connectivity index (χ3v) is 2.86. The van der Waals surface area contributed by atoms with E-state index in [9.17, 15) is 9.59 Å². The van der Waals surface area contributed by atoms with E-state index in [2.05, 4.69) is 10.3 Å². The van der Waals surface area contributed by atoms with E-state index in [1.54, 1.807) is 36.4 Å². The smallest absolute Gasteiger partial charge is 0.340 e. The van der Waals surface area contributed by atoms with Crippen LogP contribution >= 0.6 is 0 Å². The molecular formula is C16H13N3O3. The number of aromatic nitrogens is 1. The zero-order valence-corrected chi connectivity index (χ0v) is 11.8. The fourth-order valence-corrected chi connectivity index (χ4v) is 1.69. The first kappa shape index (κ1) is 15.2. The molecule has 0 aliphatic rings. The molecule has 1 aromatic heterocycles. The Morgan fingerprint density at radius 2 is 2.05 bits per heavy atom. The Labute approximate surface area is 127 Å². The molecule has 0 aliphatic carbocycles. The van der Waals surface area contributed by atoms with Gasteiger partial charge in [-0.05, 0) is 31.2 Å². The quantitative estimate of drug-likeness (QED) is 0.872. The number of hydrogen-bond acceptors (Lipinski definition) is 5. The van der Waals surface area contributed by atoms with E-state index in [-0.39, 0.29) is 5.56 Å². The molecule has 0 bridgehead atoms. The molecule has 1 heterocycles. The van der Waals surface area contributed by atoms with Crippen molar-refractivity contribution in [3.8, 4) is 6.07 Å². The lowest BCUT2D eigenvalue weighted by atomic mass is 10.2. The summed E-state index contributed by atoms with van der Waals surface area (Å²) in [6.45, 7) is 1.46. The minimum Gasteiger partial charge on any atom is -0.449 e. The van der Waals surface area contributed by atoms with Crippen LogP contribution in [0.4, 0.5) is 5.69 Å². The normalized spacial score (nSPS) is 11.1. The van der Waals surface area contributed by atoms with E-state index in [0.717, 1.165) is 0 Å². The fraction of sp³-hybridized carbons (Fsp3) is 0.125. The lowest BCUT2D eigenvalue weighted by Gasteiger charge is -2.14. The maximum atomic E-state index is 12.0. The van der Waals surface area contributed by atoms with Gasteiger partial charge < -0.3 is 10.1 Å². The maximum Gasteiger partial charge on any atom is 0.340 e. The van der Waals surface area contributed by atoms with Gasteiger partial charge in [-0.1, -0.05) is 12.1 Å². The van der Waals surface area contributed by atoms with E-state index in [4.69, 9.17) is 10.00 Å². The third kappa shape index (κ3) is 3.67. The molecule has 0 aliphatic heterocycles. The van der Waals surface area contributed by atoms with E-state index < -0.39 is 18.0 Å². The molecule has 22 heavy (non-hydrogen) atoms. The fourth-order valence-electron chi connectivity index (χ4n) is 1.69. The highest BCUT2D eigenvalue weighted by atomic mass is 16.5. The molecule has 1 atom stereocenters. The first-order chi connectivity index (χ1) is 10.6. The largest absolute Gasteiger partial charge is 0.449 e. The average molecular weight is 295 g/mol. The summed E-state index contributed by atoms with van der Waals surface area (Å²) in [5.41, 5.74) is 0.973. The van der Waals surface area contributed by atoms with E-state index in [1.807, 2.05) is 6.07 Å². The number of carbonyl (C=O) groups is 2. The van der Waals surface area contributed by atoms with Gasteiger partial charge in [0.2, 0.25) is 0 Å². The minimum atomic E-state index is -1.00. The van der Waals surface area contributed by atoms with E-state index in [0.29, 0.717) is 11.3 Å². The van der Waals surface area contributed by atoms with Crippen LogP contribution < -0.4 is 5.32 Å². The van der Waals surface area contributed by atoms with Gasteiger partial charge in [-0.3, -0.25) is 9.78 Å². The molecule has 2 aromatic rings. The van der Waals surface area contributed by atoms with Crippen LogP contribution in [0.1, 0.15) is 22.8 Å². The van der Waals surface area contributed by atoms with Crippen LogP contribution in [0.25, 0.3) is 0 Å². The molecule has 1 N–H and O–H groups in total. The average Bonchev–Trinajstić information content (AvgIpc) is 2.56. The second kappa shape index (κ2) is 6.99. The third-order valence-electron chi connectivity index (χ3n) is 2.86. The van der Waals surface area contributed by atoms with Crippen molar-refractivity contribution < 1.29 is 14.3 Å². The molecule has 0 spiro atoms. The minimum absolute atomic E-state index is 0.263. The summed E-state index contributed by atoms with van der Waals surface area (Å²) in [5, 5.41) is 11.5. The van der Waals surface area contributed by atoms with Crippen LogP contribution in [0, 0.1) is 11.3 Å². The van der Waals surface area contributed by atoms with Gasteiger partial charge >= 0.3 is 5.97 Å². The van der Waals surface area contributed by atoms with Gasteiger partial charge in [0.15, 0.2) is 6.10 Å². The first-order valence-corrected chi connectivity index (χ1v) is 6.53. The predicted octanol–water partition coefficient (Wildman–Crippen LogP) is 2.14. The number of ether oxygens (including phenoxy) is 1. The SMILES string of the molecule is C[C@@H](OC(=O)c1cccnc1)C(=O)Nc1ccccc1C#N. The Morgan fingerprint density at radius 1 is 1.27 bits per heavy atom. The first-order valence-electron chi connectivity index (χ1n) is 6.53. The summed E-state index contributed by atoms with van der Waals surface area (Å²) < 4.78 is 5.07. The van der Waals surface area contributed by atoms with Gasteiger partial charge in [0.05, 0.1) is 16.8 Å². The molecule has 0 saturated heterocycles. The molecule has 0 radical (unpaired) electrons. The number of nitrogens with one attached hydrogen (secondary N) is 1. The number of amides is 1. The lowest BCUT2D eigenvalue weighted by molar-refractivity contribution is -0.123. The van der Waals surface area contributed by atoms with E-state index >= 15 is 0 Å². The highest BCUT2D eigenvalue weighted by Gasteiger charge is 2.19. The van der Waals surface area contributed by atoms with Crippen molar-refractivity contribution in [2.24, 2.45) is 0 Å². The molecule has 1 aromatic carbocycles. The Kier molecular flexibility index (Phi) is 4.83. The van der Waals surface area contributed by atoms with Crippen LogP contribution in [0.3, 0.4) is 0 Å². The molecule has 0 saturated carbocycles. The zero-order valence-electron chi connectivity index (χ0n) is 11.8. The maximum absolute atomic E-state index is 12.0. The van der Waals surface area contributed by atoms with Crippen molar-refractivity contribution >= 4 is 17.6 Å². The molecule has 0 unspecified atom stereocenters. The summed E-state index contributed by atoms with van der Waals surface area (Å²) in [7, 11) is 0. The van der Waals surface area contributed by atoms with Crippen molar-refractivity contribution in [3.05, 3.63) is 59.9 Å². The highest BCUT2D eigenvalue weighted by molar-refractivity contribution is 5.97. The topological polar surface area (TPSA) is 92.1 Å². The van der Waals surface area contributed by atoms with Gasteiger partial charge in [-0.25, -0.2) is 4.79 Å². The summed E-state index contributed by atoms with van der Waals surface area (Å²) >= 11 is 0. The van der Waals surface area contributed by atoms with Gasteiger partial charge in [0.1, 0.15) is 6.07 Å². The summed E-state index contributed by atoms with van der Waals surface area (Å²) in [6.07, 6.45) is 1.89. The summed E-state index contributed by atoms with van der Waals surface area (Å²) in [6, 6.07) is 11.7. The van der Waals surface area contributed by atoms with Crippen molar-refractivity contribution in [2.45, 2.75) is 13.0 Å². The summed E-state index contributed by atoms with van der Waals surface area (Å²) in [4.78, 5) is 27.7. The number of carbonyl (C=O) groups excluding carboxylic acids is 2. The van der Waals surface area contributed by atoms with Crippen LogP contribution in [0.2, 0.25) is 0 Å². The summed E-state index contributed by atoms with van der Waals surface area (Å²) in [5.74, 6) is -1.15. The molecule has 6 nitrogen and oxygen atoms in total. The van der Waals surface area contributed by atoms with Crippen LogP contribution in [0.15, 0.2) is 48.8 Å². The lowest BCUT2D eigenvalue weighted by Crippen LogP contribution is -2.30. The van der Waals surface area contributed by atoms with Crippen molar-refractivity contribution in [3.63, 3.8) is 0 Å². The number of benzene rings is 1. The van der Waals surface area contributed by atoms with Crippen molar-refractivity contribution in [1.82, 2.24) is 4.98 Å². The van der Waals surface area contributed by atoms with Gasteiger partial charge in [-0.2, -0.15) is 5.26 Å². The Morgan fingerprint density at radius 3 is 2.73 bits per heavy atom. The highest BCUT2D eigenvalue weighted by Crippen LogP contribution is 2.14. The second-order valence-electron chi connectivity index (χ2n) is 4.44. The van der Waals surface area contributed by atoms with Gasteiger partial charge in [-0.15, -0.1) is 0 Å². The number of pyridine rings is 1. The second-order valence-corrected chi connectivity index (χ2v) is 4.44.